The second-order valence-electron chi connectivity index (χ2n) is 7.04. The standard InChI is InChI=1S/C15H20O4/c1-8-4-11-13(2,6-9(8)16)14(3)10(17)5-12(19-11)15(14)7-18-15/h4,10-12,17H,5-7H2,1-3H3/t10?,11-,12-,13+,14-,15+/m1/s1. The Kier molecular flexibility index (Phi) is 1.99. The molecule has 0 aromatic heterocycles. The van der Waals surface area contributed by atoms with Crippen LogP contribution in [0.1, 0.15) is 33.6 Å². The van der Waals surface area contributed by atoms with Gasteiger partial charge in [-0.05, 0) is 18.6 Å². The van der Waals surface area contributed by atoms with Crippen molar-refractivity contribution in [2.24, 2.45) is 10.8 Å². The number of rotatable bonds is 0. The number of hydrogen-bond donors (Lipinski definition) is 1. The van der Waals surface area contributed by atoms with Gasteiger partial charge in [-0.3, -0.25) is 4.79 Å². The molecule has 1 unspecified atom stereocenters. The Morgan fingerprint density at radius 2 is 2.11 bits per heavy atom. The zero-order chi connectivity index (χ0) is 13.6. The lowest BCUT2D eigenvalue weighted by Crippen LogP contribution is -2.64. The highest BCUT2D eigenvalue weighted by molar-refractivity contribution is 5.96. The number of fused-ring (bicyclic) bond motifs is 2. The second kappa shape index (κ2) is 3.13. The number of ketones is 1. The molecule has 0 amide bonds. The van der Waals surface area contributed by atoms with Gasteiger partial charge in [-0.2, -0.15) is 0 Å². The number of ether oxygens (including phenoxy) is 2. The maximum Gasteiger partial charge on any atom is 0.159 e. The van der Waals surface area contributed by atoms with Crippen LogP contribution >= 0.6 is 0 Å². The lowest BCUT2D eigenvalue weighted by Gasteiger charge is -2.56. The van der Waals surface area contributed by atoms with E-state index in [2.05, 4.69) is 13.8 Å². The molecule has 0 aromatic rings. The van der Waals surface area contributed by atoms with E-state index in [0.717, 1.165) is 5.57 Å². The number of carbonyl (C=O) groups excluding carboxylic acids is 1. The van der Waals surface area contributed by atoms with Gasteiger partial charge in [-0.15, -0.1) is 0 Å². The minimum atomic E-state index is -0.463. The van der Waals surface area contributed by atoms with Gasteiger partial charge in [0.15, 0.2) is 5.78 Å². The molecule has 4 nitrogen and oxygen atoms in total. The lowest BCUT2D eigenvalue weighted by molar-refractivity contribution is -0.204. The highest BCUT2D eigenvalue weighted by atomic mass is 16.6. The smallest absolute Gasteiger partial charge is 0.159 e. The van der Waals surface area contributed by atoms with Crippen LogP contribution in [0, 0.1) is 10.8 Å². The van der Waals surface area contributed by atoms with E-state index in [-0.39, 0.29) is 29.0 Å². The number of carbonyl (C=O) groups is 1. The van der Waals surface area contributed by atoms with Crippen LogP contribution in [0.2, 0.25) is 0 Å². The zero-order valence-electron chi connectivity index (χ0n) is 11.6. The summed E-state index contributed by atoms with van der Waals surface area (Å²) in [6.45, 7) is 6.66. The van der Waals surface area contributed by atoms with Gasteiger partial charge in [0.1, 0.15) is 5.60 Å². The summed E-state index contributed by atoms with van der Waals surface area (Å²) in [5.74, 6) is 0.164. The van der Waals surface area contributed by atoms with E-state index >= 15 is 0 Å². The number of allylic oxidation sites excluding steroid dienone is 1. The zero-order valence-corrected chi connectivity index (χ0v) is 11.6. The molecule has 2 aliphatic heterocycles. The molecule has 2 bridgehead atoms. The quantitative estimate of drug-likeness (QED) is 0.668. The van der Waals surface area contributed by atoms with Crippen LogP contribution < -0.4 is 0 Å². The topological polar surface area (TPSA) is 59.1 Å². The number of Topliss-reactive ketones (excluding diaryl/α,β-unsaturated/α-hetero) is 1. The van der Waals surface area contributed by atoms with Crippen LogP contribution in [0.5, 0.6) is 0 Å². The Bertz CT molecular complexity index is 506. The third-order valence-electron chi connectivity index (χ3n) is 6.45. The highest BCUT2D eigenvalue weighted by Crippen LogP contribution is 2.70. The Morgan fingerprint density at radius 1 is 1.42 bits per heavy atom. The molecule has 4 aliphatic rings. The van der Waals surface area contributed by atoms with Crippen molar-refractivity contribution >= 4 is 5.78 Å². The van der Waals surface area contributed by atoms with E-state index in [1.807, 2.05) is 13.0 Å². The van der Waals surface area contributed by atoms with Crippen molar-refractivity contribution in [3.05, 3.63) is 11.6 Å². The van der Waals surface area contributed by atoms with E-state index < -0.39 is 11.5 Å². The first-order valence-corrected chi connectivity index (χ1v) is 7.04. The normalized spacial score (nSPS) is 59.1. The molecule has 6 atom stereocenters. The predicted molar refractivity (Wildman–Crippen MR) is 67.6 cm³/mol. The average Bonchev–Trinajstić information content (AvgIpc) is 3.10. The molecule has 2 aliphatic carbocycles. The summed E-state index contributed by atoms with van der Waals surface area (Å²) in [7, 11) is 0. The number of aliphatic hydroxyl groups is 1. The molecule has 4 heteroatoms. The lowest BCUT2D eigenvalue weighted by atomic mass is 9.52. The Balaban J connectivity index is 1.90. The molecule has 2 heterocycles. The molecular weight excluding hydrogens is 244 g/mol. The van der Waals surface area contributed by atoms with E-state index in [4.69, 9.17) is 9.47 Å². The fraction of sp³-hybridized carbons (Fsp3) is 0.800. The van der Waals surface area contributed by atoms with Gasteiger partial charge in [-0.25, -0.2) is 0 Å². The molecule has 4 rings (SSSR count). The van der Waals surface area contributed by atoms with Gasteiger partial charge in [0, 0.05) is 23.7 Å². The van der Waals surface area contributed by atoms with Gasteiger partial charge in [0.05, 0.1) is 24.9 Å². The molecule has 2 saturated heterocycles. The van der Waals surface area contributed by atoms with Crippen molar-refractivity contribution in [2.45, 2.75) is 57.5 Å². The first-order chi connectivity index (χ1) is 8.85. The van der Waals surface area contributed by atoms with Crippen molar-refractivity contribution in [2.75, 3.05) is 6.61 Å². The molecule has 19 heavy (non-hydrogen) atoms. The van der Waals surface area contributed by atoms with Crippen LogP contribution in [0.15, 0.2) is 11.6 Å². The van der Waals surface area contributed by atoms with E-state index in [9.17, 15) is 9.90 Å². The maximum atomic E-state index is 12.2. The second-order valence-corrected chi connectivity index (χ2v) is 7.04. The summed E-state index contributed by atoms with van der Waals surface area (Å²) in [4.78, 5) is 12.2. The summed E-state index contributed by atoms with van der Waals surface area (Å²) in [5.41, 5.74) is -0.364. The van der Waals surface area contributed by atoms with E-state index in [1.165, 1.54) is 0 Å². The van der Waals surface area contributed by atoms with E-state index in [1.54, 1.807) is 0 Å². The molecule has 1 N–H and O–H groups in total. The van der Waals surface area contributed by atoms with Gasteiger partial charge < -0.3 is 14.6 Å². The van der Waals surface area contributed by atoms with Crippen molar-refractivity contribution in [3.63, 3.8) is 0 Å². The SMILES string of the molecule is CC1=C[C@H]2O[C@@H]3CC(O)[C@](C)([C@@]2(C)CC1=O)[C@]31CO1. The van der Waals surface area contributed by atoms with Crippen LogP contribution in [0.4, 0.5) is 0 Å². The van der Waals surface area contributed by atoms with E-state index in [0.29, 0.717) is 19.4 Å². The van der Waals surface area contributed by atoms with Crippen molar-refractivity contribution < 1.29 is 19.4 Å². The molecule has 104 valence electrons. The van der Waals surface area contributed by atoms with Gasteiger partial charge in [-0.1, -0.05) is 13.8 Å². The summed E-state index contributed by atoms with van der Waals surface area (Å²) in [5, 5.41) is 10.6. The number of aliphatic hydroxyl groups excluding tert-OH is 1. The Labute approximate surface area is 112 Å². The Morgan fingerprint density at radius 3 is 2.74 bits per heavy atom. The fourth-order valence-electron chi connectivity index (χ4n) is 4.76. The molecule has 0 aromatic carbocycles. The van der Waals surface area contributed by atoms with Gasteiger partial charge in [0.2, 0.25) is 0 Å². The predicted octanol–water partition coefficient (Wildman–Crippen LogP) is 1.22. The van der Waals surface area contributed by atoms with Gasteiger partial charge >= 0.3 is 0 Å². The molecule has 0 radical (unpaired) electrons. The average molecular weight is 264 g/mol. The summed E-state index contributed by atoms with van der Waals surface area (Å²) < 4.78 is 12.0. The van der Waals surface area contributed by atoms with Crippen molar-refractivity contribution in [1.82, 2.24) is 0 Å². The molecule has 1 saturated carbocycles. The minimum Gasteiger partial charge on any atom is -0.392 e. The third kappa shape index (κ3) is 1.08. The molecule has 1 spiro atoms. The minimum absolute atomic E-state index is 0.0390. The number of epoxide rings is 1. The van der Waals surface area contributed by atoms with Crippen molar-refractivity contribution in [3.8, 4) is 0 Å². The highest BCUT2D eigenvalue weighted by Gasteiger charge is 2.80. The number of hydrogen-bond acceptors (Lipinski definition) is 4. The van der Waals surface area contributed by atoms with Crippen LogP contribution in [0.25, 0.3) is 0 Å². The largest absolute Gasteiger partial charge is 0.392 e. The first-order valence-electron chi connectivity index (χ1n) is 7.04. The molecular formula is C15H20O4. The summed E-state index contributed by atoms with van der Waals surface area (Å²) in [6.07, 6.45) is 2.41. The Hall–Kier alpha value is -0.710. The fourth-order valence-corrected chi connectivity index (χ4v) is 4.76. The van der Waals surface area contributed by atoms with Crippen LogP contribution in [-0.2, 0) is 14.3 Å². The van der Waals surface area contributed by atoms with Crippen molar-refractivity contribution in [1.29, 1.82) is 0 Å². The summed E-state index contributed by atoms with van der Waals surface area (Å²) in [6, 6.07) is 0. The monoisotopic (exact) mass is 264 g/mol. The summed E-state index contributed by atoms with van der Waals surface area (Å²) >= 11 is 0. The molecule has 3 fully saturated rings. The van der Waals surface area contributed by atoms with Crippen LogP contribution in [0.3, 0.4) is 0 Å². The maximum absolute atomic E-state index is 12.2. The van der Waals surface area contributed by atoms with Gasteiger partial charge in [0.25, 0.3) is 0 Å². The van der Waals surface area contributed by atoms with Crippen LogP contribution in [-0.4, -0.2) is 41.4 Å². The first kappa shape index (κ1) is 12.1. The third-order valence-corrected chi connectivity index (χ3v) is 6.45.